The van der Waals surface area contributed by atoms with E-state index < -0.39 is 0 Å². The first-order chi connectivity index (χ1) is 12.4. The minimum Gasteiger partial charge on any atom is -0.507 e. The maximum atomic E-state index is 9.50. The largest absolute Gasteiger partial charge is 0.507 e. The van der Waals surface area contributed by atoms with Gasteiger partial charge in [0.1, 0.15) is 5.75 Å². The molecule has 1 aliphatic rings. The Hall–Kier alpha value is -1.50. The molecule has 0 heterocycles. The summed E-state index contributed by atoms with van der Waals surface area (Å²) in [5.74, 6) is 1.36. The lowest BCUT2D eigenvalue weighted by Crippen LogP contribution is -2.22. The van der Waals surface area contributed by atoms with E-state index in [1.807, 2.05) is 65.0 Å². The van der Waals surface area contributed by atoms with Gasteiger partial charge in [0, 0.05) is 5.39 Å². The van der Waals surface area contributed by atoms with Gasteiger partial charge in [-0.1, -0.05) is 98.1 Å². The summed E-state index contributed by atoms with van der Waals surface area (Å²) in [4.78, 5) is 0. The molecular formula is C25H42O. The van der Waals surface area contributed by atoms with Gasteiger partial charge in [0.2, 0.25) is 0 Å². The number of hydrogen-bond acceptors (Lipinski definition) is 1. The summed E-state index contributed by atoms with van der Waals surface area (Å²) in [6.07, 6.45) is 7.38. The van der Waals surface area contributed by atoms with Crippen LogP contribution in [0.3, 0.4) is 0 Å². The molecule has 148 valence electrons. The lowest BCUT2D eigenvalue weighted by atomic mass is 9.72. The topological polar surface area (TPSA) is 20.2 Å². The second-order valence-electron chi connectivity index (χ2n) is 7.65. The van der Waals surface area contributed by atoms with Crippen LogP contribution in [-0.2, 0) is 0 Å². The average molecular weight is 359 g/mol. The molecule has 0 saturated heterocycles. The molecule has 0 bridgehead atoms. The van der Waals surface area contributed by atoms with Gasteiger partial charge in [0.25, 0.3) is 0 Å². The van der Waals surface area contributed by atoms with Crippen molar-refractivity contribution >= 4 is 10.8 Å². The van der Waals surface area contributed by atoms with Crippen LogP contribution in [-0.4, -0.2) is 5.11 Å². The van der Waals surface area contributed by atoms with Crippen LogP contribution in [0.1, 0.15) is 86.1 Å². The Balaban J connectivity index is 0.000000409. The summed E-state index contributed by atoms with van der Waals surface area (Å²) in [6.45, 7) is 17.2. The number of fused-ring (bicyclic) bond motifs is 1. The van der Waals surface area contributed by atoms with E-state index in [2.05, 4.69) is 20.8 Å². The van der Waals surface area contributed by atoms with Crippen molar-refractivity contribution in [2.24, 2.45) is 11.3 Å². The Morgan fingerprint density at radius 3 is 1.73 bits per heavy atom. The highest BCUT2D eigenvalue weighted by Crippen LogP contribution is 2.37. The number of aryl methyl sites for hydroxylation is 1. The van der Waals surface area contributed by atoms with E-state index in [0.717, 1.165) is 16.7 Å². The van der Waals surface area contributed by atoms with Crippen molar-refractivity contribution in [3.8, 4) is 5.75 Å². The van der Waals surface area contributed by atoms with Crippen molar-refractivity contribution < 1.29 is 5.11 Å². The number of phenolic OH excluding ortho intramolecular Hbond substituents is 1. The highest BCUT2D eigenvalue weighted by Gasteiger charge is 2.25. The number of aromatic hydroxyl groups is 1. The summed E-state index contributed by atoms with van der Waals surface area (Å²) in [6, 6.07) is 11.5. The van der Waals surface area contributed by atoms with Gasteiger partial charge in [-0.2, -0.15) is 0 Å². The predicted octanol–water partition coefficient (Wildman–Crippen LogP) is 8.52. The van der Waals surface area contributed by atoms with E-state index in [1.165, 1.54) is 37.7 Å². The Bertz CT molecular complexity index is 560. The van der Waals surface area contributed by atoms with Crippen molar-refractivity contribution in [2.75, 3.05) is 0 Å². The first-order valence-corrected chi connectivity index (χ1v) is 10.6. The molecule has 0 amide bonds. The van der Waals surface area contributed by atoms with Crippen LogP contribution in [0.4, 0.5) is 0 Å². The van der Waals surface area contributed by atoms with Crippen LogP contribution in [0.5, 0.6) is 5.75 Å². The van der Waals surface area contributed by atoms with E-state index in [9.17, 15) is 5.11 Å². The van der Waals surface area contributed by atoms with Gasteiger partial charge in [-0.25, -0.2) is 0 Å². The van der Waals surface area contributed by atoms with Crippen molar-refractivity contribution in [1.29, 1.82) is 0 Å². The van der Waals surface area contributed by atoms with Crippen LogP contribution >= 0.6 is 0 Å². The second-order valence-corrected chi connectivity index (χ2v) is 7.65. The molecule has 2 aromatic carbocycles. The van der Waals surface area contributed by atoms with E-state index >= 15 is 0 Å². The van der Waals surface area contributed by atoms with Crippen LogP contribution < -0.4 is 0 Å². The van der Waals surface area contributed by atoms with E-state index in [-0.39, 0.29) is 0 Å². The third kappa shape index (κ3) is 7.81. The highest BCUT2D eigenvalue weighted by molar-refractivity contribution is 5.90. The molecule has 0 aromatic heterocycles. The smallest absolute Gasteiger partial charge is 0.123 e. The third-order valence-electron chi connectivity index (χ3n) is 4.95. The molecule has 0 unspecified atom stereocenters. The van der Waals surface area contributed by atoms with Crippen LogP contribution in [0.2, 0.25) is 0 Å². The Morgan fingerprint density at radius 1 is 0.769 bits per heavy atom. The fourth-order valence-electron chi connectivity index (χ4n) is 3.42. The fraction of sp³-hybridized carbons (Fsp3) is 0.600. The van der Waals surface area contributed by atoms with Gasteiger partial charge in [-0.15, -0.1) is 0 Å². The van der Waals surface area contributed by atoms with Crippen molar-refractivity contribution in [1.82, 2.24) is 0 Å². The van der Waals surface area contributed by atoms with Gasteiger partial charge in [0.05, 0.1) is 0 Å². The molecule has 3 rings (SSSR count). The second kappa shape index (κ2) is 12.8. The molecule has 0 atom stereocenters. The quantitative estimate of drug-likeness (QED) is 0.500. The number of benzene rings is 2. The third-order valence-corrected chi connectivity index (χ3v) is 4.95. The van der Waals surface area contributed by atoms with Gasteiger partial charge < -0.3 is 5.11 Å². The van der Waals surface area contributed by atoms with Crippen LogP contribution in [0.15, 0.2) is 36.4 Å². The zero-order valence-corrected chi connectivity index (χ0v) is 18.5. The maximum absolute atomic E-state index is 9.50. The Kier molecular flexibility index (Phi) is 12.1. The standard InChI is InChI=1S/C11H10O.C10H20.2C2H6/c1-8-4-2-6-10-9(8)5-3-7-11(10)12;1-10(2,3)9-7-5-4-6-8-9;2*1-2/h2-7,12H,1H3;9H,4-8H2,1-3H3;2*1-2H3. The number of phenols is 1. The van der Waals surface area contributed by atoms with E-state index in [4.69, 9.17) is 0 Å². The summed E-state index contributed by atoms with van der Waals surface area (Å²) in [7, 11) is 0. The SMILES string of the molecule is CC.CC.CC(C)(C)C1CCCCC1.Cc1cccc2c(O)cccc12. The molecule has 1 heteroatoms. The molecule has 0 aliphatic heterocycles. The summed E-state index contributed by atoms with van der Waals surface area (Å²) in [5.41, 5.74) is 1.77. The lowest BCUT2D eigenvalue weighted by molar-refractivity contribution is 0.180. The van der Waals surface area contributed by atoms with Gasteiger partial charge >= 0.3 is 0 Å². The van der Waals surface area contributed by atoms with Gasteiger partial charge in [0.15, 0.2) is 0 Å². The molecule has 2 aromatic rings. The molecular weight excluding hydrogens is 316 g/mol. The van der Waals surface area contributed by atoms with E-state index in [0.29, 0.717) is 11.2 Å². The van der Waals surface area contributed by atoms with Gasteiger partial charge in [-0.05, 0) is 48.1 Å². The molecule has 1 nitrogen and oxygen atoms in total. The minimum absolute atomic E-state index is 0.358. The average Bonchev–Trinajstić information content (AvgIpc) is 2.67. The first kappa shape index (κ1) is 24.5. The molecule has 1 N–H and O–H groups in total. The Labute approximate surface area is 162 Å². The monoisotopic (exact) mass is 358 g/mol. The minimum atomic E-state index is 0.358. The maximum Gasteiger partial charge on any atom is 0.123 e. The highest BCUT2D eigenvalue weighted by atomic mass is 16.3. The summed E-state index contributed by atoms with van der Waals surface area (Å²) in [5, 5.41) is 11.5. The zero-order valence-electron chi connectivity index (χ0n) is 18.5. The molecule has 0 radical (unpaired) electrons. The van der Waals surface area contributed by atoms with E-state index in [1.54, 1.807) is 6.07 Å². The molecule has 26 heavy (non-hydrogen) atoms. The molecule has 1 fully saturated rings. The Morgan fingerprint density at radius 2 is 1.27 bits per heavy atom. The van der Waals surface area contributed by atoms with Crippen molar-refractivity contribution in [3.63, 3.8) is 0 Å². The molecule has 1 saturated carbocycles. The van der Waals surface area contributed by atoms with Crippen LogP contribution in [0.25, 0.3) is 10.8 Å². The number of hydrogen-bond donors (Lipinski definition) is 1. The summed E-state index contributed by atoms with van der Waals surface area (Å²) >= 11 is 0. The van der Waals surface area contributed by atoms with Crippen LogP contribution in [0, 0.1) is 18.3 Å². The van der Waals surface area contributed by atoms with Gasteiger partial charge in [-0.3, -0.25) is 0 Å². The number of rotatable bonds is 0. The van der Waals surface area contributed by atoms with Crippen molar-refractivity contribution in [2.45, 2.75) is 87.5 Å². The predicted molar refractivity (Wildman–Crippen MR) is 119 cm³/mol. The molecule has 1 aliphatic carbocycles. The summed E-state index contributed by atoms with van der Waals surface area (Å²) < 4.78 is 0. The zero-order chi connectivity index (χ0) is 20.2. The normalized spacial score (nSPS) is 14.2. The first-order valence-electron chi connectivity index (χ1n) is 10.6. The van der Waals surface area contributed by atoms with Crippen molar-refractivity contribution in [3.05, 3.63) is 42.0 Å². The molecule has 0 spiro atoms. The lowest BCUT2D eigenvalue weighted by Gasteiger charge is -2.33. The fourth-order valence-corrected chi connectivity index (χ4v) is 3.42.